The Morgan fingerprint density at radius 2 is 1.67 bits per heavy atom. The van der Waals surface area contributed by atoms with E-state index in [1.54, 1.807) is 6.92 Å². The zero-order chi connectivity index (χ0) is 21.1. The normalized spacial score (nSPS) is 26.8. The minimum absolute atomic E-state index is 0.0146. The Labute approximate surface area is 177 Å². The first-order valence-corrected chi connectivity index (χ1v) is 11.0. The minimum atomic E-state index is -0.592. The lowest BCUT2D eigenvalue weighted by Gasteiger charge is -2.40. The Morgan fingerprint density at radius 3 is 2.37 bits per heavy atom. The van der Waals surface area contributed by atoms with Gasteiger partial charge in [-0.1, -0.05) is 30.3 Å². The molecule has 0 spiro atoms. The molecule has 7 nitrogen and oxygen atoms in total. The monoisotopic (exact) mass is 413 g/mol. The van der Waals surface area contributed by atoms with E-state index in [2.05, 4.69) is 0 Å². The van der Waals surface area contributed by atoms with E-state index in [4.69, 9.17) is 4.74 Å². The maximum Gasteiger partial charge on any atom is 0.231 e. The Hall–Kier alpha value is -2.41. The highest BCUT2D eigenvalue weighted by atomic mass is 16.5. The lowest BCUT2D eigenvalue weighted by atomic mass is 9.75. The summed E-state index contributed by atoms with van der Waals surface area (Å²) in [7, 11) is 0. The van der Waals surface area contributed by atoms with E-state index in [0.717, 1.165) is 5.56 Å². The predicted octanol–water partition coefficient (Wildman–Crippen LogP) is 1.32. The van der Waals surface area contributed by atoms with Gasteiger partial charge in [-0.05, 0) is 24.8 Å². The molecule has 2 atom stereocenters. The smallest absolute Gasteiger partial charge is 0.231 e. The van der Waals surface area contributed by atoms with Crippen LogP contribution >= 0.6 is 0 Å². The summed E-state index contributed by atoms with van der Waals surface area (Å²) in [6.45, 7) is 5.66. The standard InChI is InChI=1S/C23H31N3O4/c1-18(27)26-12-9-23(22(29)25-13-15-30-16-14-25)8-11-24(10-7-20(23)26)21(28)17-19-5-3-2-4-6-19/h2-6,20H,7-17H2,1H3/t20-,23+/m0/s1. The average Bonchev–Trinajstić information content (AvgIpc) is 3.03. The highest BCUT2D eigenvalue weighted by molar-refractivity contribution is 5.86. The summed E-state index contributed by atoms with van der Waals surface area (Å²) in [5.41, 5.74) is 0.404. The van der Waals surface area contributed by atoms with E-state index < -0.39 is 5.41 Å². The van der Waals surface area contributed by atoms with Crippen LogP contribution in [-0.4, -0.2) is 84.4 Å². The van der Waals surface area contributed by atoms with E-state index in [1.165, 1.54) is 0 Å². The molecule has 1 aromatic rings. The quantitative estimate of drug-likeness (QED) is 0.749. The molecule has 0 aliphatic carbocycles. The third-order valence-electron chi connectivity index (χ3n) is 6.99. The number of carbonyl (C=O) groups excluding carboxylic acids is 3. The summed E-state index contributed by atoms with van der Waals surface area (Å²) in [4.78, 5) is 44.6. The molecule has 3 saturated heterocycles. The first-order valence-electron chi connectivity index (χ1n) is 11.0. The predicted molar refractivity (Wildman–Crippen MR) is 112 cm³/mol. The van der Waals surface area contributed by atoms with Gasteiger partial charge in [0.2, 0.25) is 17.7 Å². The fourth-order valence-electron chi connectivity index (χ4n) is 5.34. The minimum Gasteiger partial charge on any atom is -0.378 e. The van der Waals surface area contributed by atoms with Crippen LogP contribution in [0.2, 0.25) is 0 Å². The summed E-state index contributed by atoms with van der Waals surface area (Å²) in [5, 5.41) is 0. The van der Waals surface area contributed by atoms with Crippen molar-refractivity contribution in [1.82, 2.24) is 14.7 Å². The molecule has 0 bridgehead atoms. The maximum absolute atomic E-state index is 13.7. The number of ether oxygens (including phenoxy) is 1. The molecule has 7 heteroatoms. The van der Waals surface area contributed by atoms with Crippen LogP contribution in [0, 0.1) is 5.41 Å². The Bertz CT molecular complexity index is 793. The molecule has 0 radical (unpaired) electrons. The maximum atomic E-state index is 13.7. The first kappa shape index (κ1) is 20.8. The number of hydrogen-bond donors (Lipinski definition) is 0. The van der Waals surface area contributed by atoms with E-state index in [-0.39, 0.29) is 23.8 Å². The largest absolute Gasteiger partial charge is 0.378 e. The van der Waals surface area contributed by atoms with Gasteiger partial charge >= 0.3 is 0 Å². The van der Waals surface area contributed by atoms with Crippen molar-refractivity contribution in [2.24, 2.45) is 5.41 Å². The summed E-state index contributed by atoms with van der Waals surface area (Å²) >= 11 is 0. The van der Waals surface area contributed by atoms with Crippen molar-refractivity contribution in [3.63, 3.8) is 0 Å². The molecule has 3 aliphatic rings. The number of amides is 3. The third-order valence-corrected chi connectivity index (χ3v) is 6.99. The van der Waals surface area contributed by atoms with Crippen molar-refractivity contribution in [1.29, 1.82) is 0 Å². The van der Waals surface area contributed by atoms with Crippen LogP contribution in [0.1, 0.15) is 31.7 Å². The average molecular weight is 414 g/mol. The molecular formula is C23H31N3O4. The van der Waals surface area contributed by atoms with Crippen LogP contribution < -0.4 is 0 Å². The van der Waals surface area contributed by atoms with Gasteiger partial charge in [-0.3, -0.25) is 14.4 Å². The number of rotatable bonds is 3. The molecule has 1 aromatic carbocycles. The molecule has 3 aliphatic heterocycles. The van der Waals surface area contributed by atoms with E-state index in [0.29, 0.717) is 71.6 Å². The summed E-state index contributed by atoms with van der Waals surface area (Å²) < 4.78 is 5.42. The summed E-state index contributed by atoms with van der Waals surface area (Å²) in [5.74, 6) is 0.238. The van der Waals surface area contributed by atoms with Gasteiger partial charge in [0.05, 0.1) is 25.0 Å². The van der Waals surface area contributed by atoms with E-state index in [9.17, 15) is 14.4 Å². The second-order valence-corrected chi connectivity index (χ2v) is 8.62. The Balaban J connectivity index is 1.53. The van der Waals surface area contributed by atoms with E-state index in [1.807, 2.05) is 45.0 Å². The SMILES string of the molecule is CC(=O)N1CC[C@]2(C(=O)N3CCOCC3)CCN(C(=O)Cc3ccccc3)CC[C@H]12. The summed E-state index contributed by atoms with van der Waals surface area (Å²) in [6, 6.07) is 9.61. The lowest BCUT2D eigenvalue weighted by molar-refractivity contribution is -0.149. The second-order valence-electron chi connectivity index (χ2n) is 8.62. The molecule has 0 aromatic heterocycles. The number of morpholine rings is 1. The number of fused-ring (bicyclic) bond motifs is 1. The molecule has 3 fully saturated rings. The van der Waals surface area contributed by atoms with E-state index >= 15 is 0 Å². The first-order chi connectivity index (χ1) is 14.5. The molecule has 3 amide bonds. The molecule has 162 valence electrons. The van der Waals surface area contributed by atoms with Crippen LogP contribution in [0.3, 0.4) is 0 Å². The van der Waals surface area contributed by atoms with Crippen LogP contribution in [0.4, 0.5) is 0 Å². The second kappa shape index (κ2) is 8.76. The van der Waals surface area contributed by atoms with Gasteiger partial charge in [0.1, 0.15) is 0 Å². The molecule has 4 rings (SSSR count). The van der Waals surface area contributed by atoms with Crippen molar-refractivity contribution in [3.8, 4) is 0 Å². The van der Waals surface area contributed by atoms with Crippen molar-refractivity contribution in [3.05, 3.63) is 35.9 Å². The van der Waals surface area contributed by atoms with Gasteiger partial charge in [-0.15, -0.1) is 0 Å². The molecule has 30 heavy (non-hydrogen) atoms. The highest BCUT2D eigenvalue weighted by Crippen LogP contribution is 2.45. The number of hydrogen-bond acceptors (Lipinski definition) is 4. The Morgan fingerprint density at radius 1 is 0.967 bits per heavy atom. The molecule has 0 unspecified atom stereocenters. The van der Waals surface area contributed by atoms with Crippen molar-refractivity contribution < 1.29 is 19.1 Å². The fraction of sp³-hybridized carbons (Fsp3) is 0.609. The van der Waals surface area contributed by atoms with Crippen molar-refractivity contribution >= 4 is 17.7 Å². The molecule has 3 heterocycles. The topological polar surface area (TPSA) is 70.2 Å². The van der Waals surface area contributed by atoms with Crippen LogP contribution in [0.15, 0.2) is 30.3 Å². The summed E-state index contributed by atoms with van der Waals surface area (Å²) in [6.07, 6.45) is 2.30. The fourth-order valence-corrected chi connectivity index (χ4v) is 5.34. The van der Waals surface area contributed by atoms with Gasteiger partial charge in [-0.2, -0.15) is 0 Å². The van der Waals surface area contributed by atoms with Gasteiger partial charge < -0.3 is 19.4 Å². The number of nitrogens with zero attached hydrogens (tertiary/aromatic N) is 3. The van der Waals surface area contributed by atoms with Crippen LogP contribution in [0.5, 0.6) is 0 Å². The van der Waals surface area contributed by atoms with Gasteiger partial charge in [-0.25, -0.2) is 0 Å². The molecule has 0 saturated carbocycles. The zero-order valence-corrected chi connectivity index (χ0v) is 17.7. The molecule has 0 N–H and O–H groups in total. The number of carbonyl (C=O) groups is 3. The zero-order valence-electron chi connectivity index (χ0n) is 17.7. The third kappa shape index (κ3) is 3.95. The van der Waals surface area contributed by atoms with Crippen LogP contribution in [0.25, 0.3) is 0 Å². The van der Waals surface area contributed by atoms with Gasteiger partial charge in [0, 0.05) is 45.7 Å². The lowest BCUT2D eigenvalue weighted by Crippen LogP contribution is -2.54. The van der Waals surface area contributed by atoms with Crippen LogP contribution in [-0.2, 0) is 25.5 Å². The van der Waals surface area contributed by atoms with Crippen molar-refractivity contribution in [2.45, 2.75) is 38.6 Å². The number of likely N-dealkylation sites (tertiary alicyclic amines) is 2. The highest BCUT2D eigenvalue weighted by Gasteiger charge is 2.55. The molecular weight excluding hydrogens is 382 g/mol. The van der Waals surface area contributed by atoms with Gasteiger partial charge in [0.15, 0.2) is 0 Å². The Kier molecular flexibility index (Phi) is 6.09. The van der Waals surface area contributed by atoms with Crippen molar-refractivity contribution in [2.75, 3.05) is 45.9 Å². The van der Waals surface area contributed by atoms with Gasteiger partial charge in [0.25, 0.3) is 0 Å². The number of benzene rings is 1.